The molecule has 110 valence electrons. The Morgan fingerprint density at radius 1 is 1.29 bits per heavy atom. The van der Waals surface area contributed by atoms with Crippen LogP contribution in [0.15, 0.2) is 34.9 Å². The Bertz CT molecular complexity index is 639. The second-order valence-electron chi connectivity index (χ2n) is 4.60. The Morgan fingerprint density at radius 2 is 2.14 bits per heavy atom. The molecule has 1 N–H and O–H groups in total. The summed E-state index contributed by atoms with van der Waals surface area (Å²) in [5.41, 5.74) is 0.427. The molecule has 2 heterocycles. The van der Waals surface area contributed by atoms with Crippen LogP contribution in [-0.2, 0) is 6.54 Å². The molecule has 5 nitrogen and oxygen atoms in total. The summed E-state index contributed by atoms with van der Waals surface area (Å²) in [6.45, 7) is 1.41. The smallest absolute Gasteiger partial charge is 0.251 e. The second-order valence-corrected chi connectivity index (χ2v) is 5.01. The molecular weight excluding hydrogens is 294 g/mol. The van der Waals surface area contributed by atoms with Crippen molar-refractivity contribution < 1.29 is 18.7 Å². The number of amides is 1. The van der Waals surface area contributed by atoms with E-state index in [9.17, 15) is 4.79 Å². The Balaban J connectivity index is 1.77. The Labute approximate surface area is 126 Å². The zero-order chi connectivity index (χ0) is 14.7. The van der Waals surface area contributed by atoms with Crippen molar-refractivity contribution in [3.05, 3.63) is 46.9 Å². The number of hydrogen-bond acceptors (Lipinski definition) is 4. The third kappa shape index (κ3) is 3.13. The molecule has 0 unspecified atom stereocenters. The zero-order valence-corrected chi connectivity index (χ0v) is 12.0. The largest absolute Gasteiger partial charge is 0.489 e. The average molecular weight is 308 g/mol. The Kier molecular flexibility index (Phi) is 4.01. The van der Waals surface area contributed by atoms with Crippen LogP contribution in [0.2, 0.25) is 5.02 Å². The van der Waals surface area contributed by atoms with Gasteiger partial charge in [-0.3, -0.25) is 4.79 Å². The van der Waals surface area contributed by atoms with E-state index in [0.29, 0.717) is 47.6 Å². The first-order chi connectivity index (χ1) is 10.2. The van der Waals surface area contributed by atoms with E-state index in [1.165, 1.54) is 0 Å². The highest BCUT2D eigenvalue weighted by molar-refractivity contribution is 6.32. The van der Waals surface area contributed by atoms with E-state index in [0.717, 1.165) is 6.42 Å². The van der Waals surface area contributed by atoms with Gasteiger partial charge in [0.2, 0.25) is 0 Å². The van der Waals surface area contributed by atoms with Crippen molar-refractivity contribution in [2.24, 2.45) is 0 Å². The number of rotatable bonds is 3. The van der Waals surface area contributed by atoms with Crippen molar-refractivity contribution in [2.45, 2.75) is 13.0 Å². The first-order valence-corrected chi connectivity index (χ1v) is 7.01. The number of ether oxygens (including phenoxy) is 2. The molecule has 0 bridgehead atoms. The van der Waals surface area contributed by atoms with Crippen LogP contribution in [0.4, 0.5) is 0 Å². The fraction of sp³-hybridized carbons (Fsp3) is 0.267. The zero-order valence-electron chi connectivity index (χ0n) is 11.2. The number of fused-ring (bicyclic) bond motifs is 1. The molecular formula is C15H14ClNO4. The predicted octanol–water partition coefficient (Wildman–Crippen LogP) is 3.02. The van der Waals surface area contributed by atoms with Gasteiger partial charge in [0.1, 0.15) is 5.76 Å². The van der Waals surface area contributed by atoms with E-state index in [2.05, 4.69) is 5.32 Å². The summed E-state index contributed by atoms with van der Waals surface area (Å²) in [5.74, 6) is 1.44. The Hall–Kier alpha value is -2.14. The van der Waals surface area contributed by atoms with Gasteiger partial charge in [0, 0.05) is 12.0 Å². The molecule has 1 aromatic heterocycles. The fourth-order valence-electron chi connectivity index (χ4n) is 2.04. The van der Waals surface area contributed by atoms with Gasteiger partial charge in [0.25, 0.3) is 5.91 Å². The maximum absolute atomic E-state index is 12.2. The van der Waals surface area contributed by atoms with Gasteiger partial charge < -0.3 is 19.2 Å². The Morgan fingerprint density at radius 3 is 2.95 bits per heavy atom. The van der Waals surface area contributed by atoms with E-state index in [1.807, 2.05) is 0 Å². The second kappa shape index (κ2) is 6.10. The molecule has 1 amide bonds. The van der Waals surface area contributed by atoms with E-state index < -0.39 is 0 Å². The van der Waals surface area contributed by atoms with Crippen LogP contribution in [0.5, 0.6) is 11.5 Å². The minimum absolute atomic E-state index is 0.246. The van der Waals surface area contributed by atoms with Crippen molar-refractivity contribution in [2.75, 3.05) is 13.2 Å². The number of halogens is 1. The van der Waals surface area contributed by atoms with Crippen LogP contribution in [0, 0.1) is 0 Å². The lowest BCUT2D eigenvalue weighted by Crippen LogP contribution is -2.22. The molecule has 6 heteroatoms. The third-order valence-corrected chi connectivity index (χ3v) is 3.35. The SMILES string of the molecule is O=C(NCc1ccco1)c1cc(Cl)c2c(c1)OCCCO2. The molecule has 0 aliphatic carbocycles. The van der Waals surface area contributed by atoms with Crippen molar-refractivity contribution in [1.29, 1.82) is 0 Å². The topological polar surface area (TPSA) is 60.7 Å². The van der Waals surface area contributed by atoms with Gasteiger partial charge in [0.15, 0.2) is 11.5 Å². The first kappa shape index (κ1) is 13.8. The van der Waals surface area contributed by atoms with E-state index in [1.54, 1.807) is 30.5 Å². The molecule has 1 aliphatic rings. The monoisotopic (exact) mass is 307 g/mol. The summed E-state index contributed by atoms with van der Waals surface area (Å²) in [4.78, 5) is 12.2. The van der Waals surface area contributed by atoms with Crippen LogP contribution in [0.25, 0.3) is 0 Å². The third-order valence-electron chi connectivity index (χ3n) is 3.07. The standard InChI is InChI=1S/C15H14ClNO4/c16-12-7-10(8-13-14(12)21-6-2-5-20-13)15(18)17-9-11-3-1-4-19-11/h1,3-4,7-8H,2,5-6,9H2,(H,17,18). The van der Waals surface area contributed by atoms with Gasteiger partial charge in [-0.1, -0.05) is 11.6 Å². The number of benzene rings is 1. The van der Waals surface area contributed by atoms with Crippen molar-refractivity contribution in [1.82, 2.24) is 5.32 Å². The number of carbonyl (C=O) groups excluding carboxylic acids is 1. The predicted molar refractivity (Wildman–Crippen MR) is 76.9 cm³/mol. The molecule has 21 heavy (non-hydrogen) atoms. The highest BCUT2D eigenvalue weighted by atomic mass is 35.5. The van der Waals surface area contributed by atoms with Gasteiger partial charge >= 0.3 is 0 Å². The number of furan rings is 1. The molecule has 0 atom stereocenters. The average Bonchev–Trinajstić information content (AvgIpc) is 2.88. The first-order valence-electron chi connectivity index (χ1n) is 6.64. The normalized spacial score (nSPS) is 13.6. The van der Waals surface area contributed by atoms with Crippen LogP contribution in [0.3, 0.4) is 0 Å². The molecule has 0 saturated carbocycles. The van der Waals surface area contributed by atoms with Crippen LogP contribution in [0.1, 0.15) is 22.5 Å². The fourth-order valence-corrected chi connectivity index (χ4v) is 2.31. The summed E-state index contributed by atoms with van der Waals surface area (Å²) < 4.78 is 16.3. The summed E-state index contributed by atoms with van der Waals surface area (Å²) in [6, 6.07) is 6.78. The van der Waals surface area contributed by atoms with Crippen molar-refractivity contribution in [3.8, 4) is 11.5 Å². The van der Waals surface area contributed by atoms with Gasteiger partial charge in [-0.15, -0.1) is 0 Å². The van der Waals surface area contributed by atoms with Gasteiger partial charge in [-0.25, -0.2) is 0 Å². The minimum atomic E-state index is -0.246. The van der Waals surface area contributed by atoms with E-state index in [4.69, 9.17) is 25.5 Å². The van der Waals surface area contributed by atoms with Crippen LogP contribution >= 0.6 is 11.6 Å². The molecule has 1 aliphatic heterocycles. The molecule has 2 aromatic rings. The summed E-state index contributed by atoms with van der Waals surface area (Å²) >= 11 is 6.16. The summed E-state index contributed by atoms with van der Waals surface area (Å²) in [5, 5.41) is 3.14. The molecule has 0 radical (unpaired) electrons. The van der Waals surface area contributed by atoms with Gasteiger partial charge in [0.05, 0.1) is 31.0 Å². The lowest BCUT2D eigenvalue weighted by molar-refractivity contribution is 0.0947. The van der Waals surface area contributed by atoms with E-state index in [-0.39, 0.29) is 5.91 Å². The van der Waals surface area contributed by atoms with Crippen LogP contribution < -0.4 is 14.8 Å². The lowest BCUT2D eigenvalue weighted by Gasteiger charge is -2.11. The summed E-state index contributed by atoms with van der Waals surface area (Å²) in [6.07, 6.45) is 2.34. The maximum Gasteiger partial charge on any atom is 0.251 e. The molecule has 0 spiro atoms. The number of nitrogens with one attached hydrogen (secondary N) is 1. The quantitative estimate of drug-likeness (QED) is 0.947. The lowest BCUT2D eigenvalue weighted by atomic mass is 10.2. The minimum Gasteiger partial charge on any atom is -0.489 e. The molecule has 0 saturated heterocycles. The summed E-state index contributed by atoms with van der Waals surface area (Å²) in [7, 11) is 0. The molecule has 1 aromatic carbocycles. The molecule has 3 rings (SSSR count). The van der Waals surface area contributed by atoms with Gasteiger partial charge in [-0.05, 0) is 24.3 Å². The van der Waals surface area contributed by atoms with Crippen LogP contribution in [-0.4, -0.2) is 19.1 Å². The van der Waals surface area contributed by atoms with Crippen molar-refractivity contribution in [3.63, 3.8) is 0 Å². The van der Waals surface area contributed by atoms with E-state index >= 15 is 0 Å². The highest BCUT2D eigenvalue weighted by Crippen LogP contribution is 2.37. The van der Waals surface area contributed by atoms with Crippen molar-refractivity contribution >= 4 is 17.5 Å². The number of carbonyl (C=O) groups is 1. The highest BCUT2D eigenvalue weighted by Gasteiger charge is 2.18. The maximum atomic E-state index is 12.2. The van der Waals surface area contributed by atoms with Gasteiger partial charge in [-0.2, -0.15) is 0 Å². The number of hydrogen-bond donors (Lipinski definition) is 1. The molecule has 0 fully saturated rings.